The molecule has 3 atom stereocenters. The first kappa shape index (κ1) is 16.6. The van der Waals surface area contributed by atoms with Crippen molar-refractivity contribution in [3.05, 3.63) is 24.0 Å². The van der Waals surface area contributed by atoms with Crippen LogP contribution in [0.2, 0.25) is 0 Å². The number of amides is 2. The number of hydrogen-bond donors (Lipinski definition) is 1. The van der Waals surface area contributed by atoms with Crippen LogP contribution in [-0.4, -0.2) is 53.1 Å². The number of carbonyl (C=O) groups excluding carboxylic acids is 2. The Balaban J connectivity index is 1.20. The lowest BCUT2D eigenvalue weighted by atomic mass is 9.82. The summed E-state index contributed by atoms with van der Waals surface area (Å²) < 4.78 is 7.94. The fraction of sp³-hybridized carbons (Fsp3) is 0.684. The monoisotopic (exact) mass is 345 g/mol. The van der Waals surface area contributed by atoms with E-state index in [0.717, 1.165) is 32.4 Å². The second kappa shape index (κ2) is 6.16. The minimum Gasteiger partial charge on any atom is -0.371 e. The summed E-state index contributed by atoms with van der Waals surface area (Å²) in [5.74, 6) is 1.46. The van der Waals surface area contributed by atoms with E-state index < -0.39 is 0 Å². The Morgan fingerprint density at radius 1 is 1.40 bits per heavy atom. The smallest absolute Gasteiger partial charge is 0.267 e. The molecule has 1 aromatic rings. The van der Waals surface area contributed by atoms with Gasteiger partial charge in [-0.3, -0.25) is 9.59 Å². The summed E-state index contributed by atoms with van der Waals surface area (Å²) in [5, 5.41) is 3.01. The fourth-order valence-corrected chi connectivity index (χ4v) is 4.06. The van der Waals surface area contributed by atoms with Gasteiger partial charge in [0, 0.05) is 25.7 Å². The molecule has 2 aliphatic heterocycles. The van der Waals surface area contributed by atoms with Crippen LogP contribution in [0.15, 0.2) is 18.3 Å². The maximum atomic E-state index is 12.2. The molecule has 0 unspecified atom stereocenters. The predicted molar refractivity (Wildman–Crippen MR) is 93.0 cm³/mol. The zero-order chi connectivity index (χ0) is 17.6. The van der Waals surface area contributed by atoms with Crippen molar-refractivity contribution in [2.24, 2.45) is 24.8 Å². The van der Waals surface area contributed by atoms with E-state index in [4.69, 9.17) is 4.74 Å². The third-order valence-corrected chi connectivity index (χ3v) is 6.06. The van der Waals surface area contributed by atoms with E-state index in [2.05, 4.69) is 12.2 Å². The topological polar surface area (TPSA) is 63.6 Å². The van der Waals surface area contributed by atoms with E-state index in [1.807, 2.05) is 34.8 Å². The minimum absolute atomic E-state index is 0.0354. The standard InChI is InChI=1S/C19H27N3O3/c1-13-8-15(13)18(24)22-11-19(12-22)6-5-14(10-25-19)9-20-17(23)16-4-3-7-21(16)2/h3-4,7,13-15H,5-6,8-12H2,1-2H3,(H,20,23)/t13-,14+,15+/m1/s1. The van der Waals surface area contributed by atoms with Gasteiger partial charge in [0.15, 0.2) is 0 Å². The molecule has 1 spiro atoms. The van der Waals surface area contributed by atoms with E-state index in [9.17, 15) is 9.59 Å². The maximum absolute atomic E-state index is 12.2. The van der Waals surface area contributed by atoms with Gasteiger partial charge in [-0.05, 0) is 43.2 Å². The molecule has 6 nitrogen and oxygen atoms in total. The molecule has 0 radical (unpaired) electrons. The number of ether oxygens (including phenoxy) is 1. The summed E-state index contributed by atoms with van der Waals surface area (Å²) in [7, 11) is 1.87. The molecule has 0 aromatic carbocycles. The molecule has 136 valence electrons. The molecule has 2 amide bonds. The second-order valence-electron chi connectivity index (χ2n) is 8.13. The maximum Gasteiger partial charge on any atom is 0.267 e. The second-order valence-corrected chi connectivity index (χ2v) is 8.13. The molecule has 0 bridgehead atoms. The Morgan fingerprint density at radius 3 is 2.72 bits per heavy atom. The van der Waals surface area contributed by atoms with Crippen LogP contribution < -0.4 is 5.32 Å². The molecule has 3 aliphatic rings. The highest BCUT2D eigenvalue weighted by Gasteiger charge is 2.52. The van der Waals surface area contributed by atoms with Crippen LogP contribution in [-0.2, 0) is 16.6 Å². The van der Waals surface area contributed by atoms with Gasteiger partial charge in [0.05, 0.1) is 19.7 Å². The van der Waals surface area contributed by atoms with E-state index >= 15 is 0 Å². The first-order valence-corrected chi connectivity index (χ1v) is 9.30. The SMILES string of the molecule is C[C@@H]1C[C@@H]1C(=O)N1CC2(CC[C@@H](CNC(=O)c3cccn3C)CO2)C1. The molecule has 1 aromatic heterocycles. The van der Waals surface area contributed by atoms with Gasteiger partial charge in [0.1, 0.15) is 11.3 Å². The third-order valence-electron chi connectivity index (χ3n) is 6.06. The summed E-state index contributed by atoms with van der Waals surface area (Å²) in [6.07, 6.45) is 4.93. The number of hydrogen-bond acceptors (Lipinski definition) is 3. The van der Waals surface area contributed by atoms with Crippen LogP contribution in [0.3, 0.4) is 0 Å². The Hall–Kier alpha value is -1.82. The summed E-state index contributed by atoms with van der Waals surface area (Å²) in [6, 6.07) is 3.69. The fourth-order valence-electron chi connectivity index (χ4n) is 4.06. The number of carbonyl (C=O) groups is 2. The van der Waals surface area contributed by atoms with Crippen LogP contribution in [0.1, 0.15) is 36.7 Å². The highest BCUT2D eigenvalue weighted by molar-refractivity contribution is 5.92. The Labute approximate surface area is 148 Å². The number of aryl methyl sites for hydroxylation is 1. The summed E-state index contributed by atoms with van der Waals surface area (Å²) in [5.41, 5.74) is 0.558. The largest absolute Gasteiger partial charge is 0.371 e. The van der Waals surface area contributed by atoms with Crippen molar-refractivity contribution in [1.82, 2.24) is 14.8 Å². The van der Waals surface area contributed by atoms with Gasteiger partial charge in [0.25, 0.3) is 5.91 Å². The highest BCUT2D eigenvalue weighted by atomic mass is 16.5. The van der Waals surface area contributed by atoms with Gasteiger partial charge >= 0.3 is 0 Å². The molecule has 1 N–H and O–H groups in total. The van der Waals surface area contributed by atoms with E-state index in [1.54, 1.807) is 0 Å². The lowest BCUT2D eigenvalue weighted by molar-refractivity contribution is -0.189. The van der Waals surface area contributed by atoms with E-state index in [-0.39, 0.29) is 17.4 Å². The van der Waals surface area contributed by atoms with Crippen molar-refractivity contribution in [1.29, 1.82) is 0 Å². The number of likely N-dealkylation sites (tertiary alicyclic amines) is 1. The Morgan fingerprint density at radius 2 is 2.16 bits per heavy atom. The molecule has 4 rings (SSSR count). The van der Waals surface area contributed by atoms with Gasteiger partial charge in [0.2, 0.25) is 5.91 Å². The number of rotatable bonds is 4. The van der Waals surface area contributed by atoms with Crippen molar-refractivity contribution >= 4 is 11.8 Å². The van der Waals surface area contributed by atoms with Crippen LogP contribution in [0.5, 0.6) is 0 Å². The summed E-state index contributed by atoms with van der Waals surface area (Å²) in [4.78, 5) is 26.4. The zero-order valence-electron chi connectivity index (χ0n) is 15.0. The van der Waals surface area contributed by atoms with Crippen molar-refractivity contribution in [2.45, 2.75) is 31.8 Å². The van der Waals surface area contributed by atoms with Crippen molar-refractivity contribution in [2.75, 3.05) is 26.2 Å². The van der Waals surface area contributed by atoms with Crippen molar-refractivity contribution < 1.29 is 14.3 Å². The highest BCUT2D eigenvalue weighted by Crippen LogP contribution is 2.43. The van der Waals surface area contributed by atoms with Crippen LogP contribution in [0.25, 0.3) is 0 Å². The molecule has 1 saturated carbocycles. The van der Waals surface area contributed by atoms with Crippen molar-refractivity contribution in [3.63, 3.8) is 0 Å². The Bertz CT molecular complexity index is 667. The van der Waals surface area contributed by atoms with Gasteiger partial charge in [-0.15, -0.1) is 0 Å². The number of nitrogens with one attached hydrogen (secondary N) is 1. The molecule has 1 aliphatic carbocycles. The van der Waals surface area contributed by atoms with Crippen molar-refractivity contribution in [3.8, 4) is 0 Å². The molecule has 6 heteroatoms. The summed E-state index contributed by atoms with van der Waals surface area (Å²) >= 11 is 0. The van der Waals surface area contributed by atoms with Gasteiger partial charge in [-0.25, -0.2) is 0 Å². The average molecular weight is 345 g/mol. The minimum atomic E-state index is -0.119. The first-order valence-electron chi connectivity index (χ1n) is 9.30. The molecule has 2 saturated heterocycles. The van der Waals surface area contributed by atoms with Gasteiger partial charge < -0.3 is 19.5 Å². The molecule has 25 heavy (non-hydrogen) atoms. The van der Waals surface area contributed by atoms with Gasteiger partial charge in [-0.1, -0.05) is 6.92 Å². The average Bonchev–Trinajstić information content (AvgIpc) is 3.15. The zero-order valence-corrected chi connectivity index (χ0v) is 15.0. The summed E-state index contributed by atoms with van der Waals surface area (Å²) in [6.45, 7) is 4.94. The van der Waals surface area contributed by atoms with E-state index in [0.29, 0.717) is 36.6 Å². The van der Waals surface area contributed by atoms with Crippen LogP contribution >= 0.6 is 0 Å². The molecule has 3 heterocycles. The van der Waals surface area contributed by atoms with Gasteiger partial charge in [-0.2, -0.15) is 0 Å². The molecular formula is C19H27N3O3. The third kappa shape index (κ3) is 3.19. The quantitative estimate of drug-likeness (QED) is 0.898. The predicted octanol–water partition coefficient (Wildman–Crippen LogP) is 1.42. The normalized spacial score (nSPS) is 30.0. The Kier molecular flexibility index (Phi) is 4.10. The molecule has 3 fully saturated rings. The lowest BCUT2D eigenvalue weighted by Gasteiger charge is -2.53. The number of nitrogens with zero attached hydrogens (tertiary/aromatic N) is 2. The van der Waals surface area contributed by atoms with E-state index in [1.165, 1.54) is 0 Å². The van der Waals surface area contributed by atoms with Crippen LogP contribution in [0.4, 0.5) is 0 Å². The van der Waals surface area contributed by atoms with Crippen LogP contribution in [0, 0.1) is 17.8 Å². The lowest BCUT2D eigenvalue weighted by Crippen LogP contribution is -2.66. The molecular weight excluding hydrogens is 318 g/mol. The first-order chi connectivity index (χ1) is 12.0. The number of aromatic nitrogens is 1.